The van der Waals surface area contributed by atoms with Gasteiger partial charge in [0.2, 0.25) is 5.91 Å². The lowest BCUT2D eigenvalue weighted by atomic mass is 9.90. The summed E-state index contributed by atoms with van der Waals surface area (Å²) in [4.78, 5) is 33.2. The lowest BCUT2D eigenvalue weighted by Gasteiger charge is -2.43. The summed E-state index contributed by atoms with van der Waals surface area (Å²) in [5, 5.41) is 14.6. The van der Waals surface area contributed by atoms with Gasteiger partial charge in [-0.05, 0) is 85.9 Å². The van der Waals surface area contributed by atoms with E-state index in [0.717, 1.165) is 44.2 Å². The standard InChI is InChI=1S/C33H39N5O3S/c1-41-29-5-2-4-25(18-29)33(40)38-16-15-28(19-31(38)32(39)36-27-13-11-26(35)12-14-27)37(22-30-6-3-17-42-30)21-24-9-7-23(20-34)8-10-24/h2-10,17-18,26-28,31H,11-16,19,21-22,35H2,1H3,(H,36,39)/t26?,27?,28?,31-/m1/s1. The molecule has 220 valence electrons. The van der Waals surface area contributed by atoms with Crippen LogP contribution in [0.4, 0.5) is 0 Å². The van der Waals surface area contributed by atoms with Crippen LogP contribution in [0.5, 0.6) is 5.75 Å². The fourth-order valence-corrected chi connectivity index (χ4v) is 6.82. The number of nitrogens with zero attached hydrogens (tertiary/aromatic N) is 3. The first kappa shape index (κ1) is 29.8. The third kappa shape index (κ3) is 7.37. The van der Waals surface area contributed by atoms with Crippen LogP contribution < -0.4 is 15.8 Å². The van der Waals surface area contributed by atoms with Crippen LogP contribution in [0.2, 0.25) is 0 Å². The van der Waals surface area contributed by atoms with Crippen molar-refractivity contribution in [2.75, 3.05) is 13.7 Å². The Morgan fingerprint density at radius 2 is 1.86 bits per heavy atom. The summed E-state index contributed by atoms with van der Waals surface area (Å²) in [6, 6.07) is 21.0. The summed E-state index contributed by atoms with van der Waals surface area (Å²) in [6.07, 6.45) is 4.79. The zero-order valence-corrected chi connectivity index (χ0v) is 24.9. The number of ether oxygens (including phenoxy) is 1. The molecule has 0 spiro atoms. The number of rotatable bonds is 9. The van der Waals surface area contributed by atoms with E-state index in [4.69, 9.17) is 10.5 Å². The minimum absolute atomic E-state index is 0.0762. The number of nitrogens with two attached hydrogens (primary N) is 1. The minimum Gasteiger partial charge on any atom is -0.497 e. The van der Waals surface area contributed by atoms with E-state index in [-0.39, 0.29) is 29.9 Å². The van der Waals surface area contributed by atoms with Gasteiger partial charge in [-0.2, -0.15) is 5.26 Å². The molecule has 1 aromatic heterocycles. The number of hydrogen-bond donors (Lipinski definition) is 2. The average molecular weight is 586 g/mol. The number of carbonyl (C=O) groups is 2. The maximum atomic E-state index is 13.9. The topological polar surface area (TPSA) is 112 Å². The molecule has 3 aromatic rings. The molecule has 2 atom stereocenters. The molecule has 2 fully saturated rings. The van der Waals surface area contributed by atoms with Crippen molar-refractivity contribution in [2.24, 2.45) is 5.73 Å². The highest BCUT2D eigenvalue weighted by atomic mass is 32.1. The summed E-state index contributed by atoms with van der Waals surface area (Å²) in [5.74, 6) is 0.362. The monoisotopic (exact) mass is 585 g/mol. The number of nitrogens with one attached hydrogen (secondary N) is 1. The molecule has 2 amide bonds. The summed E-state index contributed by atoms with van der Waals surface area (Å²) in [7, 11) is 1.58. The predicted octanol–water partition coefficient (Wildman–Crippen LogP) is 4.69. The zero-order valence-electron chi connectivity index (χ0n) is 24.1. The Bertz CT molecular complexity index is 1380. The van der Waals surface area contributed by atoms with Gasteiger partial charge in [0.1, 0.15) is 11.8 Å². The van der Waals surface area contributed by atoms with Crippen LogP contribution in [0.1, 0.15) is 64.9 Å². The molecule has 2 aliphatic rings. The molecule has 8 nitrogen and oxygen atoms in total. The molecular formula is C33H39N5O3S. The highest BCUT2D eigenvalue weighted by Gasteiger charge is 2.39. The Labute approximate surface area is 252 Å². The largest absolute Gasteiger partial charge is 0.497 e. The van der Waals surface area contributed by atoms with Gasteiger partial charge in [0.15, 0.2) is 0 Å². The molecule has 0 radical (unpaired) electrons. The lowest BCUT2D eigenvalue weighted by Crippen LogP contribution is -2.58. The van der Waals surface area contributed by atoms with Crippen molar-refractivity contribution in [3.8, 4) is 11.8 Å². The second-order valence-electron chi connectivity index (χ2n) is 11.3. The number of nitriles is 1. The Morgan fingerprint density at radius 3 is 2.55 bits per heavy atom. The van der Waals surface area contributed by atoms with Gasteiger partial charge in [-0.15, -0.1) is 11.3 Å². The Balaban J connectivity index is 1.39. The third-order valence-electron chi connectivity index (χ3n) is 8.50. The molecule has 5 rings (SSSR count). The van der Waals surface area contributed by atoms with E-state index in [1.165, 1.54) is 4.88 Å². The van der Waals surface area contributed by atoms with Crippen LogP contribution in [-0.2, 0) is 17.9 Å². The van der Waals surface area contributed by atoms with Crippen LogP contribution >= 0.6 is 11.3 Å². The van der Waals surface area contributed by atoms with E-state index in [1.54, 1.807) is 41.5 Å². The van der Waals surface area contributed by atoms with E-state index in [9.17, 15) is 14.9 Å². The van der Waals surface area contributed by atoms with Crippen molar-refractivity contribution >= 4 is 23.2 Å². The molecule has 0 bridgehead atoms. The van der Waals surface area contributed by atoms with Crippen molar-refractivity contribution in [1.29, 1.82) is 5.26 Å². The first-order valence-electron chi connectivity index (χ1n) is 14.7. The van der Waals surface area contributed by atoms with Gasteiger partial charge in [-0.25, -0.2) is 0 Å². The first-order valence-corrected chi connectivity index (χ1v) is 15.6. The molecule has 1 unspecified atom stereocenters. The molecule has 2 aromatic carbocycles. The van der Waals surface area contributed by atoms with Gasteiger partial charge in [0.05, 0.1) is 18.7 Å². The number of piperidine rings is 1. The second-order valence-corrected chi connectivity index (χ2v) is 12.4. The molecule has 1 saturated carbocycles. The summed E-state index contributed by atoms with van der Waals surface area (Å²) in [5.41, 5.74) is 8.37. The first-order chi connectivity index (χ1) is 20.4. The molecule has 1 aliphatic heterocycles. The molecule has 1 saturated heterocycles. The number of benzene rings is 2. The number of likely N-dealkylation sites (tertiary alicyclic amines) is 1. The SMILES string of the molecule is COc1cccc(C(=O)N2CCC(N(Cc3ccc(C#N)cc3)Cc3cccs3)C[C@@H]2C(=O)NC2CCC(N)CC2)c1. The average Bonchev–Trinajstić information content (AvgIpc) is 3.55. The van der Waals surface area contributed by atoms with Gasteiger partial charge in [-0.3, -0.25) is 14.5 Å². The summed E-state index contributed by atoms with van der Waals surface area (Å²) in [6.45, 7) is 1.91. The maximum Gasteiger partial charge on any atom is 0.254 e. The highest BCUT2D eigenvalue weighted by Crippen LogP contribution is 2.29. The third-order valence-corrected chi connectivity index (χ3v) is 9.36. The lowest BCUT2D eigenvalue weighted by molar-refractivity contribution is -0.128. The highest BCUT2D eigenvalue weighted by molar-refractivity contribution is 7.09. The summed E-state index contributed by atoms with van der Waals surface area (Å²) >= 11 is 1.72. The number of methoxy groups -OCH3 is 1. The Morgan fingerprint density at radius 1 is 1.07 bits per heavy atom. The smallest absolute Gasteiger partial charge is 0.254 e. The van der Waals surface area contributed by atoms with Gasteiger partial charge < -0.3 is 20.7 Å². The van der Waals surface area contributed by atoms with E-state index in [2.05, 4.69) is 33.8 Å². The normalized spacial score (nSPS) is 22.4. The zero-order chi connectivity index (χ0) is 29.5. The van der Waals surface area contributed by atoms with E-state index >= 15 is 0 Å². The van der Waals surface area contributed by atoms with E-state index < -0.39 is 6.04 Å². The summed E-state index contributed by atoms with van der Waals surface area (Å²) < 4.78 is 5.36. The van der Waals surface area contributed by atoms with Crippen molar-refractivity contribution in [2.45, 2.75) is 75.8 Å². The molecule has 9 heteroatoms. The number of thiophene rings is 1. The maximum absolute atomic E-state index is 13.9. The second kappa shape index (κ2) is 14.0. The van der Waals surface area contributed by atoms with Gasteiger partial charge in [0.25, 0.3) is 5.91 Å². The quantitative estimate of drug-likeness (QED) is 0.377. The number of hydrogen-bond acceptors (Lipinski definition) is 7. The molecular weight excluding hydrogens is 546 g/mol. The Kier molecular flexibility index (Phi) is 9.90. The van der Waals surface area contributed by atoms with Gasteiger partial charge >= 0.3 is 0 Å². The number of carbonyl (C=O) groups excluding carboxylic acids is 2. The van der Waals surface area contributed by atoms with Gasteiger partial charge in [0, 0.05) is 48.2 Å². The van der Waals surface area contributed by atoms with Gasteiger partial charge in [-0.1, -0.05) is 24.3 Å². The molecule has 1 aliphatic carbocycles. The van der Waals surface area contributed by atoms with E-state index in [0.29, 0.717) is 36.4 Å². The van der Waals surface area contributed by atoms with Crippen LogP contribution in [0.25, 0.3) is 0 Å². The van der Waals surface area contributed by atoms with Crippen LogP contribution in [0.15, 0.2) is 66.0 Å². The molecule has 2 heterocycles. The van der Waals surface area contributed by atoms with Crippen molar-refractivity contribution in [3.63, 3.8) is 0 Å². The molecule has 3 N–H and O–H groups in total. The predicted molar refractivity (Wildman–Crippen MR) is 164 cm³/mol. The van der Waals surface area contributed by atoms with Crippen LogP contribution in [-0.4, -0.2) is 59.4 Å². The van der Waals surface area contributed by atoms with Crippen molar-refractivity contribution < 1.29 is 14.3 Å². The Hall–Kier alpha value is -3.71. The van der Waals surface area contributed by atoms with Crippen molar-refractivity contribution in [1.82, 2.24) is 15.1 Å². The van der Waals surface area contributed by atoms with Crippen LogP contribution in [0, 0.1) is 11.3 Å². The fourth-order valence-electron chi connectivity index (χ4n) is 6.09. The number of amides is 2. The van der Waals surface area contributed by atoms with Crippen LogP contribution in [0.3, 0.4) is 0 Å². The van der Waals surface area contributed by atoms with E-state index in [1.807, 2.05) is 30.3 Å². The van der Waals surface area contributed by atoms with Crippen molar-refractivity contribution in [3.05, 3.63) is 87.6 Å². The fraction of sp³-hybridized carbons (Fsp3) is 0.424. The molecule has 42 heavy (non-hydrogen) atoms. The minimum atomic E-state index is -0.593.